The van der Waals surface area contributed by atoms with Crippen molar-refractivity contribution in [3.8, 4) is 0 Å². The number of aromatic nitrogens is 2. The zero-order valence-electron chi connectivity index (χ0n) is 14.1. The summed E-state index contributed by atoms with van der Waals surface area (Å²) in [5.74, 6) is 0.592. The molecule has 1 aliphatic rings. The lowest BCUT2D eigenvalue weighted by Gasteiger charge is -2.20. The predicted octanol–water partition coefficient (Wildman–Crippen LogP) is 4.17. The Hall–Kier alpha value is -2.30. The summed E-state index contributed by atoms with van der Waals surface area (Å²) in [7, 11) is 0. The Morgan fingerprint density at radius 3 is 2.50 bits per heavy atom. The summed E-state index contributed by atoms with van der Waals surface area (Å²) in [4.78, 5) is 12.2. The van der Waals surface area contributed by atoms with Crippen LogP contribution in [0.25, 0.3) is 0 Å². The largest absolute Gasteiger partial charge is 0.335 e. The number of hydrogen-bond donors (Lipinski definition) is 2. The van der Waals surface area contributed by atoms with Crippen LogP contribution in [0.15, 0.2) is 42.6 Å². The van der Waals surface area contributed by atoms with E-state index in [4.69, 9.17) is 0 Å². The molecule has 24 heavy (non-hydrogen) atoms. The highest BCUT2D eigenvalue weighted by atomic mass is 16.2. The summed E-state index contributed by atoms with van der Waals surface area (Å²) in [6.07, 6.45) is 10.3. The number of nitrogens with zero attached hydrogens (tertiary/aromatic N) is 2. The highest BCUT2D eigenvalue weighted by molar-refractivity contribution is 5.88. The number of carbonyl (C=O) groups is 1. The van der Waals surface area contributed by atoms with Crippen molar-refractivity contribution in [2.75, 3.05) is 5.32 Å². The van der Waals surface area contributed by atoms with E-state index in [-0.39, 0.29) is 12.1 Å². The van der Waals surface area contributed by atoms with E-state index < -0.39 is 0 Å². The van der Waals surface area contributed by atoms with Crippen molar-refractivity contribution in [2.24, 2.45) is 0 Å². The molecule has 128 valence electrons. The standard InChI is InChI=1S/C19H26N4O/c24-19(20-17-11-7-2-1-3-8-12-17)21-18-13-14-23(22-18)15-16-9-5-4-6-10-16/h4-6,9-10,13-14,17H,1-3,7-8,11-12,15H2,(H2,20,21,22,24). The summed E-state index contributed by atoms with van der Waals surface area (Å²) in [5, 5.41) is 10.4. The Morgan fingerprint density at radius 1 is 1.04 bits per heavy atom. The van der Waals surface area contributed by atoms with Crippen LogP contribution in [-0.4, -0.2) is 21.9 Å². The van der Waals surface area contributed by atoms with Crippen molar-refractivity contribution >= 4 is 11.8 Å². The van der Waals surface area contributed by atoms with Gasteiger partial charge in [-0.25, -0.2) is 4.79 Å². The van der Waals surface area contributed by atoms with Crippen LogP contribution in [0.2, 0.25) is 0 Å². The molecule has 0 unspecified atom stereocenters. The first kappa shape index (κ1) is 16.6. The van der Waals surface area contributed by atoms with Crippen molar-refractivity contribution in [1.29, 1.82) is 0 Å². The average molecular weight is 326 g/mol. The molecule has 0 aliphatic heterocycles. The van der Waals surface area contributed by atoms with Gasteiger partial charge in [-0.05, 0) is 18.4 Å². The number of hydrogen-bond acceptors (Lipinski definition) is 2. The molecule has 0 bridgehead atoms. The van der Waals surface area contributed by atoms with E-state index in [9.17, 15) is 4.79 Å². The first-order valence-electron chi connectivity index (χ1n) is 8.94. The molecule has 0 atom stereocenters. The number of anilines is 1. The Balaban J connectivity index is 1.49. The van der Waals surface area contributed by atoms with E-state index in [2.05, 4.69) is 27.9 Å². The van der Waals surface area contributed by atoms with E-state index in [1.807, 2.05) is 35.1 Å². The Kier molecular flexibility index (Phi) is 5.88. The van der Waals surface area contributed by atoms with Crippen LogP contribution in [0.1, 0.15) is 50.5 Å². The van der Waals surface area contributed by atoms with Crippen LogP contribution in [0.3, 0.4) is 0 Å². The second-order valence-corrected chi connectivity index (χ2v) is 6.52. The van der Waals surface area contributed by atoms with Crippen LogP contribution < -0.4 is 10.6 Å². The minimum absolute atomic E-state index is 0.148. The lowest BCUT2D eigenvalue weighted by atomic mass is 9.97. The fourth-order valence-corrected chi connectivity index (χ4v) is 3.23. The fourth-order valence-electron chi connectivity index (χ4n) is 3.23. The summed E-state index contributed by atoms with van der Waals surface area (Å²) < 4.78 is 1.83. The van der Waals surface area contributed by atoms with Crippen molar-refractivity contribution in [2.45, 2.75) is 57.5 Å². The number of nitrogens with one attached hydrogen (secondary N) is 2. The molecule has 0 spiro atoms. The SMILES string of the molecule is O=C(Nc1ccn(Cc2ccccc2)n1)NC1CCCCCCC1. The molecule has 1 aromatic heterocycles. The van der Waals surface area contributed by atoms with Crippen molar-refractivity contribution in [3.63, 3.8) is 0 Å². The first-order valence-corrected chi connectivity index (χ1v) is 8.94. The van der Waals surface area contributed by atoms with E-state index in [1.165, 1.54) is 37.7 Å². The number of benzene rings is 1. The number of carbonyl (C=O) groups excluding carboxylic acids is 1. The quantitative estimate of drug-likeness (QED) is 0.886. The minimum Gasteiger partial charge on any atom is -0.335 e. The molecule has 0 radical (unpaired) electrons. The van der Waals surface area contributed by atoms with Gasteiger partial charge in [-0.3, -0.25) is 10.00 Å². The van der Waals surface area contributed by atoms with E-state index in [0.717, 1.165) is 12.8 Å². The smallest absolute Gasteiger partial charge is 0.320 e. The molecular weight excluding hydrogens is 300 g/mol. The number of amides is 2. The molecule has 2 aromatic rings. The topological polar surface area (TPSA) is 59.0 Å². The molecule has 3 rings (SSSR count). The van der Waals surface area contributed by atoms with Crippen molar-refractivity contribution in [1.82, 2.24) is 15.1 Å². The normalized spacial score (nSPS) is 16.2. The van der Waals surface area contributed by atoms with Crippen LogP contribution in [0, 0.1) is 0 Å². The number of urea groups is 1. The summed E-state index contributed by atoms with van der Waals surface area (Å²) >= 11 is 0. The summed E-state index contributed by atoms with van der Waals surface area (Å²) in [6, 6.07) is 12.1. The molecule has 1 saturated carbocycles. The van der Waals surface area contributed by atoms with Gasteiger partial charge in [0.25, 0.3) is 0 Å². The first-order chi connectivity index (χ1) is 11.8. The maximum absolute atomic E-state index is 12.2. The van der Waals surface area contributed by atoms with Gasteiger partial charge in [-0.1, -0.05) is 62.4 Å². The molecular formula is C19H26N4O. The summed E-state index contributed by atoms with van der Waals surface area (Å²) in [5.41, 5.74) is 1.19. The lowest BCUT2D eigenvalue weighted by molar-refractivity contribution is 0.245. The zero-order chi connectivity index (χ0) is 16.6. The molecule has 2 amide bonds. The van der Waals surface area contributed by atoms with Gasteiger partial charge in [0.1, 0.15) is 0 Å². The van der Waals surface area contributed by atoms with Gasteiger partial charge in [0, 0.05) is 18.3 Å². The highest BCUT2D eigenvalue weighted by Gasteiger charge is 2.14. The number of rotatable bonds is 4. The maximum atomic E-state index is 12.2. The molecule has 2 N–H and O–H groups in total. The zero-order valence-corrected chi connectivity index (χ0v) is 14.1. The summed E-state index contributed by atoms with van der Waals surface area (Å²) in [6.45, 7) is 0.701. The van der Waals surface area contributed by atoms with Gasteiger partial charge < -0.3 is 5.32 Å². The second-order valence-electron chi connectivity index (χ2n) is 6.52. The van der Waals surface area contributed by atoms with Crippen LogP contribution in [0.5, 0.6) is 0 Å². The Labute approximate surface area is 143 Å². The minimum atomic E-state index is -0.148. The van der Waals surface area contributed by atoms with Crippen LogP contribution >= 0.6 is 0 Å². The van der Waals surface area contributed by atoms with E-state index in [0.29, 0.717) is 12.4 Å². The van der Waals surface area contributed by atoms with Gasteiger partial charge in [0.05, 0.1) is 6.54 Å². The Morgan fingerprint density at radius 2 is 1.75 bits per heavy atom. The van der Waals surface area contributed by atoms with Crippen molar-refractivity contribution < 1.29 is 4.79 Å². The molecule has 5 nitrogen and oxygen atoms in total. The average Bonchev–Trinajstić information content (AvgIpc) is 2.98. The van der Waals surface area contributed by atoms with Crippen LogP contribution in [-0.2, 0) is 6.54 Å². The fraction of sp³-hybridized carbons (Fsp3) is 0.474. The van der Waals surface area contributed by atoms with Crippen LogP contribution in [0.4, 0.5) is 10.6 Å². The molecule has 1 aromatic carbocycles. The second kappa shape index (κ2) is 8.52. The highest BCUT2D eigenvalue weighted by Crippen LogP contribution is 2.17. The third kappa shape index (κ3) is 5.11. The molecule has 1 fully saturated rings. The van der Waals surface area contributed by atoms with Gasteiger partial charge in [-0.15, -0.1) is 0 Å². The van der Waals surface area contributed by atoms with E-state index in [1.54, 1.807) is 0 Å². The third-order valence-corrected chi connectivity index (χ3v) is 4.51. The predicted molar refractivity (Wildman–Crippen MR) is 96.0 cm³/mol. The molecule has 1 aliphatic carbocycles. The molecule has 5 heteroatoms. The van der Waals surface area contributed by atoms with Gasteiger partial charge in [0.2, 0.25) is 0 Å². The van der Waals surface area contributed by atoms with Gasteiger partial charge in [-0.2, -0.15) is 5.10 Å². The monoisotopic (exact) mass is 326 g/mol. The third-order valence-electron chi connectivity index (χ3n) is 4.51. The maximum Gasteiger partial charge on any atom is 0.320 e. The van der Waals surface area contributed by atoms with Gasteiger partial charge in [0.15, 0.2) is 5.82 Å². The Bertz CT molecular complexity index is 630. The van der Waals surface area contributed by atoms with E-state index >= 15 is 0 Å². The molecule has 1 heterocycles. The van der Waals surface area contributed by atoms with Gasteiger partial charge >= 0.3 is 6.03 Å². The molecule has 0 saturated heterocycles. The van der Waals surface area contributed by atoms with Crippen molar-refractivity contribution in [3.05, 3.63) is 48.2 Å². The lowest BCUT2D eigenvalue weighted by Crippen LogP contribution is -2.38.